The predicted octanol–water partition coefficient (Wildman–Crippen LogP) is 1.63. The maximum absolute atomic E-state index is 14.5. The van der Waals surface area contributed by atoms with Gasteiger partial charge >= 0.3 is 5.69 Å². The molecule has 0 atom stereocenters. The average molecular weight is 460 g/mol. The van der Waals surface area contributed by atoms with E-state index in [4.69, 9.17) is 0 Å². The fourth-order valence-corrected chi connectivity index (χ4v) is 4.19. The Morgan fingerprint density at radius 2 is 1.71 bits per heavy atom. The number of nitrogens with zero attached hydrogens (tertiary/aromatic N) is 5. The van der Waals surface area contributed by atoms with E-state index >= 15 is 0 Å². The zero-order valence-corrected chi connectivity index (χ0v) is 18.1. The van der Waals surface area contributed by atoms with E-state index in [2.05, 4.69) is 15.0 Å². The number of H-pyrrole nitrogens is 1. The predicted molar refractivity (Wildman–Crippen MR) is 124 cm³/mol. The number of nitrogens with one attached hydrogen (secondary N) is 1. The summed E-state index contributed by atoms with van der Waals surface area (Å²) < 4.78 is 15.8. The maximum Gasteiger partial charge on any atom is 0.329 e. The molecule has 3 heterocycles. The van der Waals surface area contributed by atoms with Crippen molar-refractivity contribution in [2.24, 2.45) is 0 Å². The normalized spacial score (nSPS) is 13.9. The van der Waals surface area contributed by atoms with Gasteiger partial charge < -0.3 is 9.80 Å². The molecule has 0 spiro atoms. The molecule has 0 saturated carbocycles. The summed E-state index contributed by atoms with van der Waals surface area (Å²) in [5.41, 5.74) is 0.0138. The number of hydrogen-bond donors (Lipinski definition) is 1. The second-order valence-corrected chi connectivity index (χ2v) is 8.04. The molecular weight excluding hydrogens is 439 g/mol. The molecule has 172 valence electrons. The van der Waals surface area contributed by atoms with Crippen LogP contribution >= 0.6 is 0 Å². The van der Waals surface area contributed by atoms with E-state index in [-0.39, 0.29) is 18.0 Å². The number of aromatic amines is 1. The van der Waals surface area contributed by atoms with Crippen molar-refractivity contribution < 1.29 is 9.18 Å². The number of para-hydroxylation sites is 1. The summed E-state index contributed by atoms with van der Waals surface area (Å²) in [7, 11) is 0. The molecule has 1 fully saturated rings. The summed E-state index contributed by atoms with van der Waals surface area (Å²) in [6.45, 7) is 2.04. The maximum atomic E-state index is 14.5. The zero-order chi connectivity index (χ0) is 23.7. The Labute approximate surface area is 193 Å². The van der Waals surface area contributed by atoms with Crippen LogP contribution in [0.2, 0.25) is 0 Å². The Kier molecular flexibility index (Phi) is 5.62. The van der Waals surface area contributed by atoms with Gasteiger partial charge in [0, 0.05) is 44.1 Å². The molecule has 2 aromatic carbocycles. The van der Waals surface area contributed by atoms with Gasteiger partial charge in [-0.15, -0.1) is 0 Å². The highest BCUT2D eigenvalue weighted by atomic mass is 19.1. The number of carbonyl (C=O) groups excluding carboxylic acids is 1. The molecule has 2 aromatic heterocycles. The summed E-state index contributed by atoms with van der Waals surface area (Å²) in [6.07, 6.45) is 3.34. The third kappa shape index (κ3) is 4.17. The van der Waals surface area contributed by atoms with Crippen molar-refractivity contribution in [2.45, 2.75) is 6.54 Å². The number of aromatic nitrogens is 4. The third-order valence-electron chi connectivity index (χ3n) is 5.85. The first-order valence-corrected chi connectivity index (χ1v) is 10.8. The minimum Gasteiger partial charge on any atom is -0.337 e. The van der Waals surface area contributed by atoms with E-state index in [0.29, 0.717) is 48.6 Å². The van der Waals surface area contributed by atoms with E-state index in [9.17, 15) is 18.8 Å². The van der Waals surface area contributed by atoms with Gasteiger partial charge in [0.15, 0.2) is 0 Å². The zero-order valence-electron chi connectivity index (χ0n) is 18.1. The van der Waals surface area contributed by atoms with Gasteiger partial charge in [-0.2, -0.15) is 0 Å². The number of fused-ring (bicyclic) bond motifs is 1. The van der Waals surface area contributed by atoms with Crippen molar-refractivity contribution in [3.8, 4) is 0 Å². The second-order valence-electron chi connectivity index (χ2n) is 8.04. The molecule has 10 heteroatoms. The quantitative estimate of drug-likeness (QED) is 0.497. The molecule has 0 aliphatic carbocycles. The standard InChI is InChI=1S/C24H21FN6O3/c25-18-13-16(15-31-20-5-2-1-4-19(20)21(32)28-24(31)34)12-17(14-18)22(33)29-8-10-30(11-9-29)23-26-6-3-7-27-23/h1-7,12-14H,8-11,15H2,(H,28,32,34). The highest BCUT2D eigenvalue weighted by Gasteiger charge is 2.24. The Bertz CT molecular complexity index is 1480. The van der Waals surface area contributed by atoms with Crippen LogP contribution in [-0.2, 0) is 6.54 Å². The van der Waals surface area contributed by atoms with Gasteiger partial charge in [-0.3, -0.25) is 19.1 Å². The SMILES string of the molecule is O=C(c1cc(F)cc(Cn2c(=O)[nH]c(=O)c3ccccc32)c1)N1CCN(c2ncccn2)CC1. The van der Waals surface area contributed by atoms with Crippen LogP contribution in [0.15, 0.2) is 70.5 Å². The summed E-state index contributed by atoms with van der Waals surface area (Å²) in [6, 6.07) is 12.5. The van der Waals surface area contributed by atoms with E-state index in [0.717, 1.165) is 0 Å². The number of piperazine rings is 1. The lowest BCUT2D eigenvalue weighted by atomic mass is 10.1. The molecule has 1 aliphatic heterocycles. The first-order chi connectivity index (χ1) is 16.5. The number of halogens is 1. The topological polar surface area (TPSA) is 104 Å². The summed E-state index contributed by atoms with van der Waals surface area (Å²) in [4.78, 5) is 52.1. The summed E-state index contributed by atoms with van der Waals surface area (Å²) in [5, 5.41) is 0.357. The van der Waals surface area contributed by atoms with Crippen LogP contribution in [0.25, 0.3) is 10.9 Å². The smallest absolute Gasteiger partial charge is 0.329 e. The van der Waals surface area contributed by atoms with E-state index in [1.807, 2.05) is 4.90 Å². The average Bonchev–Trinajstić information content (AvgIpc) is 2.86. The van der Waals surface area contributed by atoms with E-state index in [1.165, 1.54) is 16.7 Å². The fraction of sp³-hybridized carbons (Fsp3) is 0.208. The molecule has 5 rings (SSSR count). The van der Waals surface area contributed by atoms with Gasteiger partial charge in [-0.05, 0) is 42.0 Å². The van der Waals surface area contributed by atoms with E-state index in [1.54, 1.807) is 53.7 Å². The van der Waals surface area contributed by atoms with Crippen LogP contribution in [0, 0.1) is 5.82 Å². The minimum atomic E-state index is -0.597. The van der Waals surface area contributed by atoms with Gasteiger partial charge in [0.1, 0.15) is 5.82 Å². The first-order valence-electron chi connectivity index (χ1n) is 10.8. The van der Waals surface area contributed by atoms with Crippen LogP contribution < -0.4 is 16.1 Å². The molecular formula is C24H21FN6O3. The van der Waals surface area contributed by atoms with Gasteiger partial charge in [0.25, 0.3) is 11.5 Å². The third-order valence-corrected chi connectivity index (χ3v) is 5.85. The molecule has 0 bridgehead atoms. The highest BCUT2D eigenvalue weighted by Crippen LogP contribution is 2.17. The van der Waals surface area contributed by atoms with Crippen LogP contribution in [0.4, 0.5) is 10.3 Å². The van der Waals surface area contributed by atoms with Crippen LogP contribution in [-0.4, -0.2) is 56.5 Å². The largest absolute Gasteiger partial charge is 0.337 e. The van der Waals surface area contributed by atoms with Gasteiger partial charge in [0.2, 0.25) is 5.95 Å². The number of amides is 1. The Morgan fingerprint density at radius 1 is 0.971 bits per heavy atom. The van der Waals surface area contributed by atoms with Crippen molar-refractivity contribution in [3.05, 3.63) is 98.7 Å². The molecule has 34 heavy (non-hydrogen) atoms. The lowest BCUT2D eigenvalue weighted by Gasteiger charge is -2.34. The van der Waals surface area contributed by atoms with Crippen LogP contribution in [0.1, 0.15) is 15.9 Å². The van der Waals surface area contributed by atoms with Crippen LogP contribution in [0.3, 0.4) is 0 Å². The molecule has 9 nitrogen and oxygen atoms in total. The molecule has 1 amide bonds. The number of anilines is 1. The Balaban J connectivity index is 1.38. The fourth-order valence-electron chi connectivity index (χ4n) is 4.19. The van der Waals surface area contributed by atoms with E-state index < -0.39 is 17.1 Å². The lowest BCUT2D eigenvalue weighted by molar-refractivity contribution is 0.0745. The number of benzene rings is 2. The summed E-state index contributed by atoms with van der Waals surface area (Å²) in [5.74, 6) is -0.242. The van der Waals surface area contributed by atoms with Gasteiger partial charge in [0.05, 0.1) is 17.4 Å². The molecule has 4 aromatic rings. The minimum absolute atomic E-state index is 0.00723. The molecule has 0 radical (unpaired) electrons. The van der Waals surface area contributed by atoms with Crippen LogP contribution in [0.5, 0.6) is 0 Å². The van der Waals surface area contributed by atoms with Crippen molar-refractivity contribution >= 4 is 22.8 Å². The Morgan fingerprint density at radius 3 is 2.47 bits per heavy atom. The number of carbonyl (C=O) groups is 1. The molecule has 0 unspecified atom stereocenters. The molecule has 1 saturated heterocycles. The monoisotopic (exact) mass is 460 g/mol. The first kappa shape index (κ1) is 21.5. The summed E-state index contributed by atoms with van der Waals surface area (Å²) >= 11 is 0. The number of hydrogen-bond acceptors (Lipinski definition) is 6. The Hall–Kier alpha value is -4.34. The second kappa shape index (κ2) is 8.89. The van der Waals surface area contributed by atoms with Crippen molar-refractivity contribution in [3.63, 3.8) is 0 Å². The molecule has 1 N–H and O–H groups in total. The van der Waals surface area contributed by atoms with Crippen molar-refractivity contribution in [2.75, 3.05) is 31.1 Å². The highest BCUT2D eigenvalue weighted by molar-refractivity contribution is 5.94. The van der Waals surface area contributed by atoms with Crippen molar-refractivity contribution in [1.82, 2.24) is 24.4 Å². The molecule has 1 aliphatic rings. The van der Waals surface area contributed by atoms with Gasteiger partial charge in [-0.1, -0.05) is 12.1 Å². The van der Waals surface area contributed by atoms with Crippen molar-refractivity contribution in [1.29, 1.82) is 0 Å². The van der Waals surface area contributed by atoms with Gasteiger partial charge in [-0.25, -0.2) is 19.2 Å². The number of rotatable bonds is 4. The lowest BCUT2D eigenvalue weighted by Crippen LogP contribution is -2.49.